The molecule has 0 saturated heterocycles. The summed E-state index contributed by atoms with van der Waals surface area (Å²) in [5.41, 5.74) is 0. The zero-order valence-corrected chi connectivity index (χ0v) is 16.2. The quantitative estimate of drug-likeness (QED) is 0.406. The molecule has 0 aromatic carbocycles. The summed E-state index contributed by atoms with van der Waals surface area (Å²) in [5, 5.41) is 0. The van der Waals surface area contributed by atoms with E-state index in [-0.39, 0.29) is 12.4 Å². The van der Waals surface area contributed by atoms with Gasteiger partial charge in [-0.15, -0.1) is 15.8 Å². The molecule has 0 spiro atoms. The SMILES string of the molecule is CCP(CC)CC.CCP(CC)CC.O=[N][Ni+].[Cl-]. The Morgan fingerprint density at radius 3 is 0.833 bits per heavy atom. The Kier molecular flexibility index (Phi) is 40.9. The van der Waals surface area contributed by atoms with E-state index in [9.17, 15) is 0 Å². The van der Waals surface area contributed by atoms with Gasteiger partial charge in [-0.1, -0.05) is 41.5 Å². The van der Waals surface area contributed by atoms with Gasteiger partial charge in [-0.2, -0.15) is 0 Å². The predicted molar refractivity (Wildman–Crippen MR) is 82.9 cm³/mol. The maximum atomic E-state index is 8.39. The summed E-state index contributed by atoms with van der Waals surface area (Å²) in [4.78, 5) is 8.39. The molecule has 0 aromatic heterocycles. The fraction of sp³-hybridized carbons (Fsp3) is 1.00. The summed E-state index contributed by atoms with van der Waals surface area (Å²) < 4.78 is 1.88. The van der Waals surface area contributed by atoms with E-state index in [0.717, 1.165) is 0 Å². The third kappa shape index (κ3) is 25.9. The van der Waals surface area contributed by atoms with Crippen LogP contribution < -0.4 is 12.4 Å². The van der Waals surface area contributed by atoms with Crippen LogP contribution in [-0.2, 0) is 15.7 Å². The molecule has 116 valence electrons. The van der Waals surface area contributed by atoms with Gasteiger partial charge in [0.1, 0.15) is 0 Å². The molecule has 0 aliphatic carbocycles. The Bertz CT molecular complexity index is 114. The van der Waals surface area contributed by atoms with Crippen LogP contribution in [0, 0.1) is 4.91 Å². The van der Waals surface area contributed by atoms with Gasteiger partial charge in [-0.05, 0) is 37.0 Å². The van der Waals surface area contributed by atoms with E-state index >= 15 is 0 Å². The minimum Gasteiger partial charge on any atom is -1.00 e. The summed E-state index contributed by atoms with van der Waals surface area (Å²) in [6, 6.07) is 0. The van der Waals surface area contributed by atoms with Crippen LogP contribution in [0.4, 0.5) is 0 Å². The first-order valence-corrected chi connectivity index (χ1v) is 10.7. The van der Waals surface area contributed by atoms with Crippen molar-refractivity contribution in [3.05, 3.63) is 4.91 Å². The zero-order chi connectivity index (χ0) is 14.1. The Morgan fingerprint density at radius 1 is 0.722 bits per heavy atom. The van der Waals surface area contributed by atoms with E-state index in [1.165, 1.54) is 37.0 Å². The van der Waals surface area contributed by atoms with Gasteiger partial charge >= 0.3 is 24.8 Å². The molecular weight excluding hydrogens is 330 g/mol. The van der Waals surface area contributed by atoms with Gasteiger partial charge in [0.25, 0.3) is 0 Å². The second-order valence-corrected chi connectivity index (χ2v) is 9.96. The van der Waals surface area contributed by atoms with Crippen LogP contribution in [-0.4, -0.2) is 37.0 Å². The molecule has 0 amide bonds. The summed E-state index contributed by atoms with van der Waals surface area (Å²) in [6.45, 7) is 13.7. The summed E-state index contributed by atoms with van der Waals surface area (Å²) >= 11 is 3.24. The first kappa shape index (κ1) is 27.6. The number of halogens is 1. The normalized spacial score (nSPS) is 8.78. The van der Waals surface area contributed by atoms with Crippen LogP contribution in [0.25, 0.3) is 0 Å². The van der Waals surface area contributed by atoms with E-state index in [0.29, 0.717) is 15.8 Å². The van der Waals surface area contributed by atoms with Crippen molar-refractivity contribution in [2.75, 3.05) is 37.0 Å². The van der Waals surface area contributed by atoms with Crippen molar-refractivity contribution in [2.45, 2.75) is 41.5 Å². The van der Waals surface area contributed by atoms with Crippen molar-refractivity contribution in [2.24, 2.45) is 4.26 Å². The van der Waals surface area contributed by atoms with Crippen molar-refractivity contribution in [3.8, 4) is 0 Å². The Labute approximate surface area is 131 Å². The second-order valence-electron chi connectivity index (χ2n) is 3.30. The predicted octanol–water partition coefficient (Wildman–Crippen LogP) is 2.27. The molecule has 2 nitrogen and oxygen atoms in total. The molecular formula is C12H30ClNNiOP2. The number of hydrogen-bond acceptors (Lipinski definition) is 2. The average molecular weight is 360 g/mol. The van der Waals surface area contributed by atoms with E-state index in [4.69, 9.17) is 4.91 Å². The maximum Gasteiger partial charge on any atom is -1.00 e. The average Bonchev–Trinajstić information content (AvgIpc) is 2.35. The monoisotopic (exact) mass is 359 g/mol. The van der Waals surface area contributed by atoms with Crippen LogP contribution >= 0.6 is 15.8 Å². The smallest absolute Gasteiger partial charge is 1.00 e. The summed E-state index contributed by atoms with van der Waals surface area (Å²) in [5.74, 6) is 0. The van der Waals surface area contributed by atoms with Crippen LogP contribution in [0.5, 0.6) is 0 Å². The van der Waals surface area contributed by atoms with Crippen molar-refractivity contribution in [1.29, 1.82) is 0 Å². The molecule has 0 atom stereocenters. The van der Waals surface area contributed by atoms with Crippen LogP contribution in [0.1, 0.15) is 41.5 Å². The van der Waals surface area contributed by atoms with Crippen molar-refractivity contribution < 1.29 is 28.1 Å². The fourth-order valence-electron chi connectivity index (χ4n) is 1.34. The molecule has 0 aliphatic rings. The second kappa shape index (κ2) is 26.7. The molecule has 0 rings (SSSR count). The topological polar surface area (TPSA) is 29.4 Å². The van der Waals surface area contributed by atoms with Gasteiger partial charge in [0, 0.05) is 0 Å². The standard InChI is InChI=1S/2C6H15P.ClH.NO.Ni/c2*1-4-7(5-2)6-3;;1-2;/h2*4-6H2,1-3H3;1H;;/q;;;-1;+2/p-1. The third-order valence-corrected chi connectivity index (χ3v) is 8.05. The van der Waals surface area contributed by atoms with Gasteiger partial charge in [-0.25, -0.2) is 0 Å². The van der Waals surface area contributed by atoms with E-state index in [1.807, 2.05) is 4.26 Å². The van der Waals surface area contributed by atoms with Gasteiger partial charge in [0.2, 0.25) is 0 Å². The minimum atomic E-state index is 0. The largest absolute Gasteiger partial charge is 1.00 e. The Hall–Kier alpha value is 1.24. The first-order valence-electron chi connectivity index (χ1n) is 6.46. The Balaban J connectivity index is -0.0000000857. The molecule has 0 aromatic rings. The summed E-state index contributed by atoms with van der Waals surface area (Å²) in [7, 11) is 0.892. The van der Waals surface area contributed by atoms with Crippen molar-refractivity contribution in [1.82, 2.24) is 0 Å². The molecule has 6 heteroatoms. The summed E-state index contributed by atoms with van der Waals surface area (Å²) in [6.07, 6.45) is 8.51. The third-order valence-electron chi connectivity index (χ3n) is 2.68. The van der Waals surface area contributed by atoms with Crippen LogP contribution in [0.3, 0.4) is 0 Å². The molecule has 0 unspecified atom stereocenters. The molecule has 0 saturated carbocycles. The number of nitroso groups, excluding NO2 is 1. The van der Waals surface area contributed by atoms with E-state index < -0.39 is 0 Å². The minimum absolute atomic E-state index is 0. The first-order chi connectivity index (χ1) is 8.11. The van der Waals surface area contributed by atoms with Crippen molar-refractivity contribution in [3.63, 3.8) is 0 Å². The molecule has 18 heavy (non-hydrogen) atoms. The number of rotatable bonds is 6. The molecule has 0 bridgehead atoms. The van der Waals surface area contributed by atoms with Crippen LogP contribution in [0.15, 0.2) is 4.26 Å². The Morgan fingerprint density at radius 2 is 0.833 bits per heavy atom. The number of nitrogens with zero attached hydrogens (tertiary/aromatic N) is 1. The van der Waals surface area contributed by atoms with Crippen LogP contribution in [0.2, 0.25) is 0 Å². The fourth-order valence-corrected chi connectivity index (χ4v) is 4.02. The van der Waals surface area contributed by atoms with Crippen molar-refractivity contribution >= 4 is 15.8 Å². The maximum absolute atomic E-state index is 8.39. The van der Waals surface area contributed by atoms with Gasteiger partial charge in [0.15, 0.2) is 0 Å². The van der Waals surface area contributed by atoms with E-state index in [1.54, 1.807) is 0 Å². The molecule has 0 fully saturated rings. The molecule has 0 radical (unpaired) electrons. The van der Waals surface area contributed by atoms with Gasteiger partial charge in [0.05, 0.1) is 0 Å². The zero-order valence-electron chi connectivity index (χ0n) is 12.7. The molecule has 0 aliphatic heterocycles. The molecule has 0 N–H and O–H groups in total. The van der Waals surface area contributed by atoms with Gasteiger partial charge < -0.3 is 12.4 Å². The molecule has 0 heterocycles. The van der Waals surface area contributed by atoms with E-state index in [2.05, 4.69) is 57.2 Å². The number of hydrogen-bond donors (Lipinski definition) is 0. The van der Waals surface area contributed by atoms with Gasteiger partial charge in [-0.3, -0.25) is 0 Å².